The number of fused-ring (bicyclic) bond motifs is 1. The Bertz CT molecular complexity index is 603. The second-order valence-electron chi connectivity index (χ2n) is 6.16. The molecule has 0 saturated carbocycles. The monoisotopic (exact) mass is 335 g/mol. The minimum absolute atomic E-state index is 0.0766. The number of anilines is 1. The predicted octanol–water partition coefficient (Wildman–Crippen LogP) is 1.24. The van der Waals surface area contributed by atoms with E-state index >= 15 is 0 Å². The molecular formula is C17H25N3O4. The first kappa shape index (κ1) is 18.1. The highest BCUT2D eigenvalue weighted by atomic mass is 16.6. The number of hydrogen-bond acceptors (Lipinski definition) is 5. The second kappa shape index (κ2) is 8.01. The number of nitrogens with zero attached hydrogens (tertiary/aromatic N) is 1. The Balaban J connectivity index is 1.92. The molecule has 2 N–H and O–H groups in total. The van der Waals surface area contributed by atoms with Gasteiger partial charge in [-0.25, -0.2) is 0 Å². The van der Waals surface area contributed by atoms with Crippen molar-refractivity contribution in [3.05, 3.63) is 18.2 Å². The van der Waals surface area contributed by atoms with Crippen molar-refractivity contribution in [1.82, 2.24) is 10.2 Å². The van der Waals surface area contributed by atoms with Gasteiger partial charge in [0.2, 0.25) is 11.8 Å². The van der Waals surface area contributed by atoms with E-state index < -0.39 is 6.04 Å². The van der Waals surface area contributed by atoms with Gasteiger partial charge in [0.25, 0.3) is 0 Å². The van der Waals surface area contributed by atoms with E-state index in [4.69, 9.17) is 9.47 Å². The van der Waals surface area contributed by atoms with Crippen LogP contribution >= 0.6 is 0 Å². The van der Waals surface area contributed by atoms with Gasteiger partial charge in [0.05, 0.1) is 12.6 Å². The summed E-state index contributed by atoms with van der Waals surface area (Å²) in [5, 5.41) is 5.65. The van der Waals surface area contributed by atoms with Gasteiger partial charge in [-0.1, -0.05) is 0 Å². The number of likely N-dealkylation sites (N-methyl/N-ethyl adjacent to an activating group) is 1. The number of carbonyl (C=O) groups is 2. The highest BCUT2D eigenvalue weighted by Gasteiger charge is 2.21. The Hall–Kier alpha value is -2.28. The molecule has 0 bridgehead atoms. The van der Waals surface area contributed by atoms with Crippen molar-refractivity contribution < 1.29 is 19.1 Å². The molecule has 1 aliphatic heterocycles. The van der Waals surface area contributed by atoms with Crippen molar-refractivity contribution in [2.75, 3.05) is 32.1 Å². The minimum atomic E-state index is -0.448. The number of carbonyl (C=O) groups excluding carboxylic acids is 2. The lowest BCUT2D eigenvalue weighted by atomic mass is 10.2. The van der Waals surface area contributed by atoms with Crippen LogP contribution in [0.25, 0.3) is 0 Å². The van der Waals surface area contributed by atoms with Crippen LogP contribution in [0.2, 0.25) is 0 Å². The van der Waals surface area contributed by atoms with Crippen molar-refractivity contribution >= 4 is 17.5 Å². The number of ether oxygens (including phenoxy) is 2. The maximum absolute atomic E-state index is 12.4. The molecule has 0 saturated heterocycles. The molecule has 1 heterocycles. The van der Waals surface area contributed by atoms with Gasteiger partial charge in [0.15, 0.2) is 11.5 Å². The standard InChI is InChI=1S/C17H25N3O4/c1-11(2)18-16(21)10-20(4)12(3)17(22)19-13-5-6-14-15(9-13)24-8-7-23-14/h5-6,9,11-12H,7-8,10H2,1-4H3,(H,18,21)(H,19,22)/t12-/m1/s1. The fourth-order valence-electron chi connectivity index (χ4n) is 2.30. The molecule has 7 heteroatoms. The largest absolute Gasteiger partial charge is 0.486 e. The Morgan fingerprint density at radius 2 is 1.83 bits per heavy atom. The molecule has 24 heavy (non-hydrogen) atoms. The molecule has 0 radical (unpaired) electrons. The fourth-order valence-corrected chi connectivity index (χ4v) is 2.30. The van der Waals surface area contributed by atoms with Crippen LogP contribution in [0.1, 0.15) is 20.8 Å². The predicted molar refractivity (Wildman–Crippen MR) is 91.4 cm³/mol. The van der Waals surface area contributed by atoms with E-state index in [1.165, 1.54) is 0 Å². The zero-order chi connectivity index (χ0) is 17.7. The van der Waals surface area contributed by atoms with Crippen molar-refractivity contribution in [1.29, 1.82) is 0 Å². The van der Waals surface area contributed by atoms with Crippen LogP contribution < -0.4 is 20.1 Å². The lowest BCUT2D eigenvalue weighted by Crippen LogP contribution is -2.45. The van der Waals surface area contributed by atoms with Crippen molar-refractivity contribution in [2.24, 2.45) is 0 Å². The first-order chi connectivity index (χ1) is 11.4. The Morgan fingerprint density at radius 3 is 2.50 bits per heavy atom. The summed E-state index contributed by atoms with van der Waals surface area (Å²) in [4.78, 5) is 25.9. The highest BCUT2D eigenvalue weighted by molar-refractivity contribution is 5.95. The zero-order valence-electron chi connectivity index (χ0n) is 14.6. The smallest absolute Gasteiger partial charge is 0.241 e. The van der Waals surface area contributed by atoms with E-state index in [2.05, 4.69) is 10.6 Å². The number of hydrogen-bond donors (Lipinski definition) is 2. The maximum atomic E-state index is 12.4. The van der Waals surface area contributed by atoms with Gasteiger partial charge in [-0.3, -0.25) is 14.5 Å². The number of amides is 2. The molecule has 132 valence electrons. The topological polar surface area (TPSA) is 79.9 Å². The van der Waals surface area contributed by atoms with Crippen LogP contribution in [-0.4, -0.2) is 55.6 Å². The van der Waals surface area contributed by atoms with Gasteiger partial charge < -0.3 is 20.1 Å². The molecule has 1 aliphatic rings. The van der Waals surface area contributed by atoms with E-state index in [0.717, 1.165) is 0 Å². The van der Waals surface area contributed by atoms with Gasteiger partial charge in [0.1, 0.15) is 13.2 Å². The van der Waals surface area contributed by atoms with Crippen LogP contribution in [0.4, 0.5) is 5.69 Å². The summed E-state index contributed by atoms with van der Waals surface area (Å²) in [5.41, 5.74) is 0.635. The number of rotatable bonds is 6. The van der Waals surface area contributed by atoms with Gasteiger partial charge in [0, 0.05) is 17.8 Å². The summed E-state index contributed by atoms with van der Waals surface area (Å²) in [6, 6.07) is 4.91. The average Bonchev–Trinajstić information content (AvgIpc) is 2.53. The molecule has 0 spiro atoms. The van der Waals surface area contributed by atoms with Gasteiger partial charge in [-0.05, 0) is 40.0 Å². The van der Waals surface area contributed by atoms with Gasteiger partial charge >= 0.3 is 0 Å². The molecule has 0 unspecified atom stereocenters. The Kier molecular flexibility index (Phi) is 6.03. The van der Waals surface area contributed by atoms with Crippen LogP contribution in [0.3, 0.4) is 0 Å². The van der Waals surface area contributed by atoms with Crippen LogP contribution in [0.5, 0.6) is 11.5 Å². The molecule has 0 aliphatic carbocycles. The zero-order valence-corrected chi connectivity index (χ0v) is 14.6. The number of benzene rings is 1. The molecule has 2 amide bonds. The summed E-state index contributed by atoms with van der Waals surface area (Å²) in [6.07, 6.45) is 0. The van der Waals surface area contributed by atoms with Crippen LogP contribution in [-0.2, 0) is 9.59 Å². The Labute approximate surface area is 142 Å². The summed E-state index contributed by atoms with van der Waals surface area (Å²) >= 11 is 0. The number of nitrogens with one attached hydrogen (secondary N) is 2. The minimum Gasteiger partial charge on any atom is -0.486 e. The van der Waals surface area contributed by atoms with Crippen molar-refractivity contribution in [2.45, 2.75) is 32.9 Å². The summed E-state index contributed by atoms with van der Waals surface area (Å²) < 4.78 is 11.0. The van der Waals surface area contributed by atoms with E-state index in [9.17, 15) is 9.59 Å². The lowest BCUT2D eigenvalue weighted by molar-refractivity contribution is -0.125. The van der Waals surface area contributed by atoms with E-state index in [0.29, 0.717) is 30.4 Å². The molecule has 2 rings (SSSR count). The summed E-state index contributed by atoms with van der Waals surface area (Å²) in [7, 11) is 1.74. The van der Waals surface area contributed by atoms with Crippen LogP contribution in [0, 0.1) is 0 Å². The Morgan fingerprint density at radius 1 is 1.17 bits per heavy atom. The molecule has 0 fully saturated rings. The molecule has 1 aromatic carbocycles. The third-order valence-corrected chi connectivity index (χ3v) is 3.69. The van der Waals surface area contributed by atoms with E-state index in [1.807, 2.05) is 13.8 Å². The third kappa shape index (κ3) is 4.86. The SMILES string of the molecule is CC(C)NC(=O)CN(C)[C@H](C)C(=O)Nc1ccc2c(c1)OCCO2. The molecule has 7 nitrogen and oxygen atoms in total. The lowest BCUT2D eigenvalue weighted by Gasteiger charge is -2.24. The second-order valence-corrected chi connectivity index (χ2v) is 6.16. The first-order valence-corrected chi connectivity index (χ1v) is 8.07. The maximum Gasteiger partial charge on any atom is 0.241 e. The van der Waals surface area contributed by atoms with E-state index in [1.54, 1.807) is 37.1 Å². The highest BCUT2D eigenvalue weighted by Crippen LogP contribution is 2.32. The van der Waals surface area contributed by atoms with Crippen molar-refractivity contribution in [3.63, 3.8) is 0 Å². The summed E-state index contributed by atoms with van der Waals surface area (Å²) in [6.45, 7) is 6.74. The molecule has 1 atom stereocenters. The molecule has 1 aromatic rings. The molecule has 0 aromatic heterocycles. The summed E-state index contributed by atoms with van der Waals surface area (Å²) in [5.74, 6) is 1.00. The quantitative estimate of drug-likeness (QED) is 0.818. The first-order valence-electron chi connectivity index (χ1n) is 8.07. The fraction of sp³-hybridized carbons (Fsp3) is 0.529. The molecular weight excluding hydrogens is 310 g/mol. The van der Waals surface area contributed by atoms with Crippen molar-refractivity contribution in [3.8, 4) is 11.5 Å². The van der Waals surface area contributed by atoms with Gasteiger partial charge in [-0.2, -0.15) is 0 Å². The van der Waals surface area contributed by atoms with E-state index in [-0.39, 0.29) is 24.4 Å². The van der Waals surface area contributed by atoms with Gasteiger partial charge in [-0.15, -0.1) is 0 Å². The average molecular weight is 335 g/mol. The normalized spacial score (nSPS) is 14.4. The third-order valence-electron chi connectivity index (χ3n) is 3.69. The van der Waals surface area contributed by atoms with Crippen LogP contribution in [0.15, 0.2) is 18.2 Å².